The van der Waals surface area contributed by atoms with Crippen LogP contribution in [0.1, 0.15) is 0 Å². The van der Waals surface area contributed by atoms with E-state index in [1.165, 1.54) is 32.6 Å². The lowest BCUT2D eigenvalue weighted by molar-refractivity contribution is 0.619. The number of hydrogen-bond acceptors (Lipinski definition) is 3. The van der Waals surface area contributed by atoms with Gasteiger partial charge in [-0.3, -0.25) is 0 Å². The highest BCUT2D eigenvalue weighted by Gasteiger charge is 2.21. The van der Waals surface area contributed by atoms with Crippen molar-refractivity contribution in [3.63, 3.8) is 0 Å². The van der Waals surface area contributed by atoms with Crippen LogP contribution in [-0.4, -0.2) is 14.1 Å². The van der Waals surface area contributed by atoms with E-state index in [0.717, 1.165) is 61.0 Å². The Bertz CT molecular complexity index is 3030. The van der Waals surface area contributed by atoms with E-state index >= 15 is 0 Å². The summed E-state index contributed by atoms with van der Waals surface area (Å²) in [7, 11) is 0. The lowest BCUT2D eigenvalue weighted by Gasteiger charge is -2.10. The lowest BCUT2D eigenvalue weighted by Crippen LogP contribution is -1.95. The number of benzene rings is 7. The first-order chi connectivity index (χ1) is 23.8. The minimum atomic E-state index is 0.587. The number of aromatic nitrogens is 3. The Morgan fingerprint density at radius 3 is 1.96 bits per heavy atom. The molecule has 0 aliphatic carbocycles. The molecule has 11 rings (SSSR count). The maximum absolute atomic E-state index is 6.55. The normalized spacial score (nSPS) is 12.2. The summed E-state index contributed by atoms with van der Waals surface area (Å²) in [6.45, 7) is 0. The van der Waals surface area contributed by atoms with Crippen LogP contribution in [0.3, 0.4) is 0 Å². The van der Waals surface area contributed by atoms with Gasteiger partial charge in [-0.2, -0.15) is 0 Å². The van der Waals surface area contributed by atoms with Gasteiger partial charge in [0.2, 0.25) is 5.89 Å². The number of oxazole rings is 1. The monoisotopic (exact) mass is 615 g/mol. The second-order valence-electron chi connectivity index (χ2n) is 12.4. The van der Waals surface area contributed by atoms with E-state index in [9.17, 15) is 0 Å². The van der Waals surface area contributed by atoms with Crippen LogP contribution in [0.2, 0.25) is 0 Å². The molecule has 4 heterocycles. The number of rotatable bonds is 3. The maximum Gasteiger partial charge on any atom is 0.227 e. The first-order valence-electron chi connectivity index (χ1n) is 16.1. The Morgan fingerprint density at radius 2 is 1.10 bits per heavy atom. The summed E-state index contributed by atoms with van der Waals surface area (Å²) in [6, 6.07) is 53.2. The van der Waals surface area contributed by atoms with Gasteiger partial charge in [0, 0.05) is 55.3 Å². The largest absolute Gasteiger partial charge is 0.456 e. The molecule has 0 saturated heterocycles. The average molecular weight is 616 g/mol. The molecular weight excluding hydrogens is 590 g/mol. The summed E-state index contributed by atoms with van der Waals surface area (Å²) in [5.41, 5.74) is 11.1. The first kappa shape index (κ1) is 25.6. The molecule has 0 saturated carbocycles. The number of nitrogens with zero attached hydrogens (tertiary/aromatic N) is 3. The van der Waals surface area contributed by atoms with E-state index < -0.39 is 0 Å². The van der Waals surface area contributed by atoms with Gasteiger partial charge in [0.05, 0.1) is 22.1 Å². The highest BCUT2D eigenvalue weighted by atomic mass is 16.3. The number of furan rings is 1. The molecule has 4 aromatic heterocycles. The molecule has 7 aromatic carbocycles. The molecule has 0 N–H and O–H groups in total. The molecule has 0 aliphatic rings. The molecule has 0 amide bonds. The van der Waals surface area contributed by atoms with Crippen molar-refractivity contribution in [2.45, 2.75) is 0 Å². The van der Waals surface area contributed by atoms with E-state index in [4.69, 9.17) is 13.8 Å². The molecule has 0 atom stereocenters. The highest BCUT2D eigenvalue weighted by Crippen LogP contribution is 2.42. The van der Waals surface area contributed by atoms with Crippen molar-refractivity contribution >= 4 is 76.6 Å². The van der Waals surface area contributed by atoms with Crippen molar-refractivity contribution in [1.29, 1.82) is 0 Å². The summed E-state index contributed by atoms with van der Waals surface area (Å²) in [6.07, 6.45) is 0. The minimum absolute atomic E-state index is 0.587. The number of para-hydroxylation sites is 5. The Morgan fingerprint density at radius 1 is 0.417 bits per heavy atom. The third kappa shape index (κ3) is 3.47. The zero-order chi connectivity index (χ0) is 31.3. The highest BCUT2D eigenvalue weighted by molar-refractivity contribution is 6.26. The molecule has 5 nitrogen and oxygen atoms in total. The predicted molar refractivity (Wildman–Crippen MR) is 195 cm³/mol. The zero-order valence-corrected chi connectivity index (χ0v) is 25.6. The Balaban J connectivity index is 1.16. The fourth-order valence-electron chi connectivity index (χ4n) is 7.67. The van der Waals surface area contributed by atoms with Crippen molar-refractivity contribution in [2.75, 3.05) is 0 Å². The summed E-state index contributed by atoms with van der Waals surface area (Å²) < 4.78 is 17.4. The van der Waals surface area contributed by atoms with Crippen LogP contribution in [-0.2, 0) is 0 Å². The second-order valence-corrected chi connectivity index (χ2v) is 12.4. The Hall–Kier alpha value is -6.59. The molecule has 0 aliphatic heterocycles. The van der Waals surface area contributed by atoms with Gasteiger partial charge in [0.25, 0.3) is 0 Å². The fraction of sp³-hybridized carbons (Fsp3) is 0. The number of fused-ring (bicyclic) bond motifs is 11. The number of hydrogen-bond donors (Lipinski definition) is 0. The van der Waals surface area contributed by atoms with E-state index in [2.05, 4.69) is 130 Å². The Kier molecular flexibility index (Phi) is 5.05. The molecule has 0 bridgehead atoms. The van der Waals surface area contributed by atoms with E-state index in [0.29, 0.717) is 5.89 Å². The molecule has 0 unspecified atom stereocenters. The van der Waals surface area contributed by atoms with Crippen LogP contribution in [0.25, 0.3) is 99.5 Å². The topological polar surface area (TPSA) is 49.0 Å². The van der Waals surface area contributed by atoms with Crippen molar-refractivity contribution in [3.05, 3.63) is 152 Å². The van der Waals surface area contributed by atoms with Gasteiger partial charge in [-0.25, -0.2) is 4.98 Å². The van der Waals surface area contributed by atoms with Gasteiger partial charge in [0.15, 0.2) is 5.58 Å². The van der Waals surface area contributed by atoms with Gasteiger partial charge in [-0.1, -0.05) is 72.8 Å². The maximum atomic E-state index is 6.55. The van der Waals surface area contributed by atoms with Crippen LogP contribution in [0.4, 0.5) is 0 Å². The third-order valence-corrected chi connectivity index (χ3v) is 9.74. The van der Waals surface area contributed by atoms with Crippen LogP contribution in [0.15, 0.2) is 160 Å². The molecule has 48 heavy (non-hydrogen) atoms. The van der Waals surface area contributed by atoms with Crippen molar-refractivity contribution in [2.24, 2.45) is 0 Å². The summed E-state index contributed by atoms with van der Waals surface area (Å²) in [4.78, 5) is 4.70. The van der Waals surface area contributed by atoms with Gasteiger partial charge < -0.3 is 18.0 Å². The smallest absolute Gasteiger partial charge is 0.227 e. The molecule has 11 aromatic rings. The van der Waals surface area contributed by atoms with Crippen molar-refractivity contribution < 1.29 is 8.83 Å². The fourth-order valence-corrected chi connectivity index (χ4v) is 7.67. The zero-order valence-electron chi connectivity index (χ0n) is 25.6. The average Bonchev–Trinajstić information content (AvgIpc) is 3.90. The standard InChI is InChI=1S/C43H25N3O2/c1-2-10-27(11-3-1)46-35-15-7-4-12-29(35)32-22-23-37-41(42(32)46)33-13-5-8-16-36(33)45(37)28-19-21-31-30-20-18-26(24-39(30)47-40(31)25-28)43-44-34-14-6-9-17-38(34)48-43/h1-25H. The first-order valence-corrected chi connectivity index (χ1v) is 16.1. The molecular formula is C43H25N3O2. The van der Waals surface area contributed by atoms with Crippen LogP contribution < -0.4 is 0 Å². The van der Waals surface area contributed by atoms with Crippen molar-refractivity contribution in [1.82, 2.24) is 14.1 Å². The predicted octanol–water partition coefficient (Wildman–Crippen LogP) is 11.6. The van der Waals surface area contributed by atoms with Gasteiger partial charge in [0.1, 0.15) is 16.7 Å². The summed E-state index contributed by atoms with van der Waals surface area (Å²) in [5, 5.41) is 7.07. The minimum Gasteiger partial charge on any atom is -0.456 e. The molecule has 224 valence electrons. The summed E-state index contributed by atoms with van der Waals surface area (Å²) in [5.74, 6) is 0.587. The van der Waals surface area contributed by atoms with Gasteiger partial charge >= 0.3 is 0 Å². The molecule has 0 radical (unpaired) electrons. The summed E-state index contributed by atoms with van der Waals surface area (Å²) >= 11 is 0. The third-order valence-electron chi connectivity index (χ3n) is 9.74. The van der Waals surface area contributed by atoms with Crippen molar-refractivity contribution in [3.8, 4) is 22.8 Å². The molecule has 5 heteroatoms. The molecule has 0 spiro atoms. The van der Waals surface area contributed by atoms with E-state index in [-0.39, 0.29) is 0 Å². The SMILES string of the molecule is c1ccc(-n2c3ccccc3c3ccc4c(c5ccccc5n4-c4ccc5c(c4)oc4cc(-c6nc7ccccc7o6)ccc45)c32)cc1. The van der Waals surface area contributed by atoms with Crippen LogP contribution in [0.5, 0.6) is 0 Å². The Labute approximate surface area is 273 Å². The lowest BCUT2D eigenvalue weighted by atomic mass is 10.1. The van der Waals surface area contributed by atoms with Crippen LogP contribution in [0, 0.1) is 0 Å². The van der Waals surface area contributed by atoms with Gasteiger partial charge in [-0.15, -0.1) is 0 Å². The quantitative estimate of drug-likeness (QED) is 0.199. The van der Waals surface area contributed by atoms with Crippen LogP contribution >= 0.6 is 0 Å². The van der Waals surface area contributed by atoms with E-state index in [1.807, 2.05) is 30.3 Å². The van der Waals surface area contributed by atoms with E-state index in [1.54, 1.807) is 0 Å². The molecule has 0 fully saturated rings. The second kappa shape index (κ2) is 9.47. The van der Waals surface area contributed by atoms with Gasteiger partial charge in [-0.05, 0) is 72.8 Å².